The van der Waals surface area contributed by atoms with Gasteiger partial charge in [0.15, 0.2) is 0 Å². The number of amides is 1. The number of nitrogens with zero attached hydrogens (tertiary/aromatic N) is 1. The molecule has 1 N–H and O–H groups in total. The monoisotopic (exact) mass is 182 g/mol. The highest BCUT2D eigenvalue weighted by atomic mass is 16.5. The first-order valence-electron chi connectivity index (χ1n) is 4.97. The van der Waals surface area contributed by atoms with Gasteiger partial charge in [0.1, 0.15) is 0 Å². The Morgan fingerprint density at radius 3 is 2.77 bits per heavy atom. The molecule has 0 saturated carbocycles. The third-order valence-electron chi connectivity index (χ3n) is 3.31. The molecule has 72 valence electrons. The molecule has 1 amide bonds. The van der Waals surface area contributed by atoms with Crippen LogP contribution in [0.3, 0.4) is 0 Å². The van der Waals surface area contributed by atoms with Gasteiger partial charge >= 0.3 is 0 Å². The lowest BCUT2D eigenvalue weighted by Gasteiger charge is -2.34. The van der Waals surface area contributed by atoms with Crippen molar-refractivity contribution < 1.29 is 9.53 Å². The van der Waals surface area contributed by atoms with E-state index in [0.29, 0.717) is 18.1 Å². The molecule has 3 saturated heterocycles. The van der Waals surface area contributed by atoms with Gasteiger partial charge in [-0.2, -0.15) is 0 Å². The van der Waals surface area contributed by atoms with E-state index in [-0.39, 0.29) is 5.92 Å². The molecule has 0 spiro atoms. The minimum absolute atomic E-state index is 0.249. The molecule has 2 bridgehead atoms. The van der Waals surface area contributed by atoms with Crippen LogP contribution in [-0.4, -0.2) is 49.2 Å². The fraction of sp³-hybridized carbons (Fsp3) is 0.889. The molecule has 3 rings (SSSR count). The van der Waals surface area contributed by atoms with Gasteiger partial charge in [0.05, 0.1) is 24.7 Å². The molecule has 0 aromatic heterocycles. The second-order valence-corrected chi connectivity index (χ2v) is 4.19. The fourth-order valence-corrected chi connectivity index (χ4v) is 2.37. The molecule has 4 nitrogen and oxygen atoms in total. The molecule has 3 heterocycles. The predicted molar refractivity (Wildman–Crippen MR) is 46.2 cm³/mol. The molecule has 0 aliphatic carbocycles. The SMILES string of the molecule is O=C(C1CNC1)N1CC2CC1CO2. The summed E-state index contributed by atoms with van der Waals surface area (Å²) in [5.41, 5.74) is 0. The van der Waals surface area contributed by atoms with Gasteiger partial charge in [0.2, 0.25) is 5.91 Å². The van der Waals surface area contributed by atoms with Gasteiger partial charge in [0, 0.05) is 19.6 Å². The summed E-state index contributed by atoms with van der Waals surface area (Å²) >= 11 is 0. The molecular weight excluding hydrogens is 168 g/mol. The Morgan fingerprint density at radius 2 is 2.31 bits per heavy atom. The second kappa shape index (κ2) is 2.69. The molecular formula is C9H14N2O2. The molecule has 2 atom stereocenters. The lowest BCUT2D eigenvalue weighted by Crippen LogP contribution is -2.54. The van der Waals surface area contributed by atoms with Crippen molar-refractivity contribution >= 4 is 5.91 Å². The summed E-state index contributed by atoms with van der Waals surface area (Å²) in [5, 5.41) is 3.13. The maximum absolute atomic E-state index is 11.8. The first-order valence-corrected chi connectivity index (χ1v) is 4.97. The van der Waals surface area contributed by atoms with Crippen molar-refractivity contribution in [1.82, 2.24) is 10.2 Å². The van der Waals surface area contributed by atoms with E-state index in [1.807, 2.05) is 4.90 Å². The van der Waals surface area contributed by atoms with E-state index in [1.165, 1.54) is 0 Å². The van der Waals surface area contributed by atoms with Crippen molar-refractivity contribution in [2.24, 2.45) is 5.92 Å². The zero-order valence-corrected chi connectivity index (χ0v) is 7.53. The van der Waals surface area contributed by atoms with Crippen molar-refractivity contribution in [1.29, 1.82) is 0 Å². The minimum atomic E-state index is 0.249. The molecule has 13 heavy (non-hydrogen) atoms. The number of likely N-dealkylation sites (tertiary alicyclic amines) is 1. The summed E-state index contributed by atoms with van der Waals surface area (Å²) in [6.45, 7) is 3.33. The summed E-state index contributed by atoms with van der Waals surface area (Å²) in [5.74, 6) is 0.592. The maximum atomic E-state index is 11.8. The Kier molecular flexibility index (Phi) is 1.60. The predicted octanol–water partition coefficient (Wildman–Crippen LogP) is -0.794. The minimum Gasteiger partial charge on any atom is -0.374 e. The third-order valence-corrected chi connectivity index (χ3v) is 3.31. The summed E-state index contributed by atoms with van der Waals surface area (Å²) in [6, 6.07) is 0.387. The number of nitrogens with one attached hydrogen (secondary N) is 1. The molecule has 4 heteroatoms. The number of hydrogen-bond donors (Lipinski definition) is 1. The standard InChI is InChI=1S/C9H14N2O2/c12-9(6-2-10-3-6)11-4-8-1-7(11)5-13-8/h6-8,10H,1-5H2. The molecule has 0 aromatic rings. The van der Waals surface area contributed by atoms with Gasteiger partial charge in [-0.15, -0.1) is 0 Å². The summed E-state index contributed by atoms with van der Waals surface area (Å²) in [6.07, 6.45) is 1.40. The van der Waals surface area contributed by atoms with E-state index < -0.39 is 0 Å². The molecule has 0 aromatic carbocycles. The highest BCUT2D eigenvalue weighted by molar-refractivity contribution is 5.81. The average molecular weight is 182 g/mol. The normalized spacial score (nSPS) is 38.0. The van der Waals surface area contributed by atoms with E-state index >= 15 is 0 Å². The van der Waals surface area contributed by atoms with Gasteiger partial charge in [-0.25, -0.2) is 0 Å². The largest absolute Gasteiger partial charge is 0.374 e. The first kappa shape index (κ1) is 7.76. The van der Waals surface area contributed by atoms with Crippen LogP contribution < -0.4 is 5.32 Å². The van der Waals surface area contributed by atoms with Crippen molar-refractivity contribution in [3.05, 3.63) is 0 Å². The van der Waals surface area contributed by atoms with Crippen LogP contribution in [0.1, 0.15) is 6.42 Å². The van der Waals surface area contributed by atoms with Crippen LogP contribution in [-0.2, 0) is 9.53 Å². The Balaban J connectivity index is 1.68. The number of ether oxygens (including phenoxy) is 1. The summed E-state index contributed by atoms with van der Waals surface area (Å²) in [4.78, 5) is 13.9. The topological polar surface area (TPSA) is 41.6 Å². The number of fused-ring (bicyclic) bond motifs is 2. The highest BCUT2D eigenvalue weighted by Crippen LogP contribution is 2.29. The summed E-state index contributed by atoms with van der Waals surface area (Å²) in [7, 11) is 0. The van der Waals surface area contributed by atoms with Crippen LogP contribution in [0.15, 0.2) is 0 Å². The average Bonchev–Trinajstić information content (AvgIpc) is 2.59. The van der Waals surface area contributed by atoms with Gasteiger partial charge in [-0.3, -0.25) is 4.79 Å². The van der Waals surface area contributed by atoms with Crippen LogP contribution in [0.4, 0.5) is 0 Å². The van der Waals surface area contributed by atoms with E-state index in [0.717, 1.165) is 32.7 Å². The maximum Gasteiger partial charge on any atom is 0.228 e. The highest BCUT2D eigenvalue weighted by Gasteiger charge is 2.43. The number of hydrogen-bond acceptors (Lipinski definition) is 3. The van der Waals surface area contributed by atoms with Gasteiger partial charge in [0.25, 0.3) is 0 Å². The molecule has 2 unspecified atom stereocenters. The molecule has 0 radical (unpaired) electrons. The van der Waals surface area contributed by atoms with Crippen molar-refractivity contribution in [3.8, 4) is 0 Å². The Hall–Kier alpha value is -0.610. The van der Waals surface area contributed by atoms with E-state index in [2.05, 4.69) is 5.32 Å². The first-order chi connectivity index (χ1) is 6.34. The van der Waals surface area contributed by atoms with E-state index in [4.69, 9.17) is 4.74 Å². The van der Waals surface area contributed by atoms with Gasteiger partial charge in [-0.05, 0) is 6.42 Å². The Labute approximate surface area is 77.2 Å². The molecule has 3 aliphatic heterocycles. The zero-order chi connectivity index (χ0) is 8.84. The third kappa shape index (κ3) is 1.09. The number of morpholine rings is 1. The second-order valence-electron chi connectivity index (χ2n) is 4.19. The lowest BCUT2D eigenvalue weighted by molar-refractivity contribution is -0.141. The Morgan fingerprint density at radius 1 is 1.46 bits per heavy atom. The van der Waals surface area contributed by atoms with Crippen molar-refractivity contribution in [3.63, 3.8) is 0 Å². The lowest BCUT2D eigenvalue weighted by atomic mass is 10.0. The molecule has 3 aliphatic rings. The van der Waals surface area contributed by atoms with Crippen LogP contribution in [0.5, 0.6) is 0 Å². The Bertz CT molecular complexity index is 240. The van der Waals surface area contributed by atoms with Crippen LogP contribution in [0.25, 0.3) is 0 Å². The molecule has 3 fully saturated rings. The number of carbonyl (C=O) groups is 1. The van der Waals surface area contributed by atoms with E-state index in [9.17, 15) is 4.79 Å². The van der Waals surface area contributed by atoms with Crippen LogP contribution >= 0.6 is 0 Å². The quantitative estimate of drug-likeness (QED) is 0.577. The van der Waals surface area contributed by atoms with Gasteiger partial charge in [-0.1, -0.05) is 0 Å². The smallest absolute Gasteiger partial charge is 0.228 e. The van der Waals surface area contributed by atoms with Crippen LogP contribution in [0, 0.1) is 5.92 Å². The zero-order valence-electron chi connectivity index (χ0n) is 7.53. The summed E-state index contributed by atoms with van der Waals surface area (Å²) < 4.78 is 5.45. The van der Waals surface area contributed by atoms with Crippen LogP contribution in [0.2, 0.25) is 0 Å². The fourth-order valence-electron chi connectivity index (χ4n) is 2.37. The van der Waals surface area contributed by atoms with Crippen molar-refractivity contribution in [2.45, 2.75) is 18.6 Å². The number of carbonyl (C=O) groups excluding carboxylic acids is 1. The van der Waals surface area contributed by atoms with E-state index in [1.54, 1.807) is 0 Å². The van der Waals surface area contributed by atoms with Crippen molar-refractivity contribution in [2.75, 3.05) is 26.2 Å². The van der Waals surface area contributed by atoms with Gasteiger partial charge < -0.3 is 15.0 Å². The number of rotatable bonds is 1.